The summed E-state index contributed by atoms with van der Waals surface area (Å²) < 4.78 is 26.7. The molecule has 11 heteroatoms. The van der Waals surface area contributed by atoms with Gasteiger partial charge in [-0.15, -0.1) is 0 Å². The van der Waals surface area contributed by atoms with Crippen molar-refractivity contribution < 1.29 is 33.4 Å². The molecule has 0 aliphatic heterocycles. The van der Waals surface area contributed by atoms with E-state index in [0.29, 0.717) is 11.1 Å². The lowest BCUT2D eigenvalue weighted by atomic mass is 9.98. The molecule has 1 heterocycles. The minimum absolute atomic E-state index is 0.367. The molecule has 0 fully saturated rings. The smallest absolute Gasteiger partial charge is 0.322 e. The summed E-state index contributed by atoms with van der Waals surface area (Å²) in [6.45, 7) is -0.678. The van der Waals surface area contributed by atoms with Crippen LogP contribution in [0, 0.1) is 11.6 Å². The van der Waals surface area contributed by atoms with Crippen molar-refractivity contribution in [2.75, 3.05) is 6.54 Å². The predicted octanol–water partition coefficient (Wildman–Crippen LogP) is 1.79. The first-order valence-electron chi connectivity index (χ1n) is 9.12. The number of benzene rings is 2. The molecule has 9 nitrogen and oxygen atoms in total. The first kappa shape index (κ1) is 22.3. The second-order valence-electron chi connectivity index (χ2n) is 6.52. The third-order valence-corrected chi connectivity index (χ3v) is 4.30. The van der Waals surface area contributed by atoms with Crippen molar-refractivity contribution in [3.8, 4) is 5.88 Å². The van der Waals surface area contributed by atoms with Gasteiger partial charge in [0, 0.05) is 6.20 Å². The number of nitrogens with one attached hydrogen (secondary N) is 2. The molecular formula is C21H16F2N4O5. The van der Waals surface area contributed by atoms with Crippen molar-refractivity contribution in [2.24, 2.45) is 0 Å². The van der Waals surface area contributed by atoms with E-state index in [0.717, 1.165) is 6.20 Å². The average Bonchev–Trinajstić information content (AvgIpc) is 2.77. The lowest BCUT2D eigenvalue weighted by molar-refractivity contribution is -0.135. The number of carbonyl (C=O) groups excluding carboxylic acids is 2. The Morgan fingerprint density at radius 1 is 0.906 bits per heavy atom. The fourth-order valence-electron chi connectivity index (χ4n) is 2.76. The Balaban J connectivity index is 1.85. The Morgan fingerprint density at radius 3 is 1.91 bits per heavy atom. The summed E-state index contributed by atoms with van der Waals surface area (Å²) in [5.74, 6) is -5.37. The van der Waals surface area contributed by atoms with E-state index in [9.17, 15) is 28.3 Å². The fraction of sp³-hybridized carbons (Fsp3) is 0.0952. The van der Waals surface area contributed by atoms with Gasteiger partial charge in [0.2, 0.25) is 11.7 Å². The van der Waals surface area contributed by atoms with Crippen molar-refractivity contribution in [3.05, 3.63) is 88.9 Å². The molecule has 3 aromatic rings. The van der Waals surface area contributed by atoms with E-state index < -0.39 is 53.7 Å². The number of rotatable bonds is 7. The Kier molecular flexibility index (Phi) is 6.68. The van der Waals surface area contributed by atoms with Gasteiger partial charge in [-0.2, -0.15) is 4.98 Å². The summed E-state index contributed by atoms with van der Waals surface area (Å²) in [7, 11) is 0. The molecule has 2 aromatic carbocycles. The highest BCUT2D eigenvalue weighted by molar-refractivity contribution is 5.98. The number of nitrogens with zero attached hydrogens (tertiary/aromatic N) is 2. The molecular weight excluding hydrogens is 426 g/mol. The number of aromatic hydroxyl groups is 1. The fourth-order valence-corrected chi connectivity index (χ4v) is 2.76. The highest BCUT2D eigenvalue weighted by Crippen LogP contribution is 2.24. The molecule has 0 bridgehead atoms. The summed E-state index contributed by atoms with van der Waals surface area (Å²) in [5, 5.41) is 23.3. The number of hydrogen-bond donors (Lipinski definition) is 4. The lowest BCUT2D eigenvalue weighted by Crippen LogP contribution is -2.32. The summed E-state index contributed by atoms with van der Waals surface area (Å²) in [5.41, 5.74) is 0.599. The van der Waals surface area contributed by atoms with Gasteiger partial charge in [-0.25, -0.2) is 13.8 Å². The van der Waals surface area contributed by atoms with Gasteiger partial charge in [-0.1, -0.05) is 24.3 Å². The Bertz CT molecular complexity index is 1110. The number of carbonyl (C=O) groups is 3. The predicted molar refractivity (Wildman–Crippen MR) is 106 cm³/mol. The molecule has 0 atom stereocenters. The van der Waals surface area contributed by atoms with E-state index >= 15 is 0 Å². The molecule has 0 aliphatic rings. The molecule has 32 heavy (non-hydrogen) atoms. The van der Waals surface area contributed by atoms with E-state index in [1.807, 2.05) is 5.32 Å². The van der Waals surface area contributed by atoms with Crippen molar-refractivity contribution in [1.29, 1.82) is 0 Å². The molecule has 0 saturated heterocycles. The van der Waals surface area contributed by atoms with Crippen molar-refractivity contribution in [3.63, 3.8) is 0 Å². The second kappa shape index (κ2) is 9.60. The van der Waals surface area contributed by atoms with E-state index in [1.165, 1.54) is 48.5 Å². The molecule has 0 aliphatic carbocycles. The molecule has 2 amide bonds. The van der Waals surface area contributed by atoms with Gasteiger partial charge in [0.25, 0.3) is 11.8 Å². The number of halogens is 2. The maximum atomic E-state index is 13.3. The van der Waals surface area contributed by atoms with Crippen LogP contribution in [0.2, 0.25) is 0 Å². The molecule has 1 aromatic heterocycles. The first-order chi connectivity index (χ1) is 15.2. The molecule has 0 saturated carbocycles. The first-order valence-corrected chi connectivity index (χ1v) is 9.12. The van der Waals surface area contributed by atoms with E-state index in [2.05, 4.69) is 15.3 Å². The summed E-state index contributed by atoms with van der Waals surface area (Å²) in [4.78, 5) is 42.3. The maximum absolute atomic E-state index is 13.3. The molecule has 3 rings (SSSR count). The zero-order valence-corrected chi connectivity index (χ0v) is 16.3. The third kappa shape index (κ3) is 5.39. The summed E-state index contributed by atoms with van der Waals surface area (Å²) in [6.07, 6.45) is 0.903. The molecule has 0 unspecified atom stereocenters. The van der Waals surface area contributed by atoms with Crippen LogP contribution < -0.4 is 10.6 Å². The van der Waals surface area contributed by atoms with Crippen LogP contribution in [-0.2, 0) is 4.79 Å². The van der Waals surface area contributed by atoms with Gasteiger partial charge in [-0.3, -0.25) is 14.4 Å². The topological polar surface area (TPSA) is 142 Å². The third-order valence-electron chi connectivity index (χ3n) is 4.30. The molecule has 0 radical (unpaired) electrons. The van der Waals surface area contributed by atoms with Crippen LogP contribution in [0.15, 0.2) is 54.7 Å². The van der Waals surface area contributed by atoms with Gasteiger partial charge < -0.3 is 20.8 Å². The number of hydrogen-bond acceptors (Lipinski definition) is 6. The van der Waals surface area contributed by atoms with E-state index in [1.54, 1.807) is 0 Å². The maximum Gasteiger partial charge on any atom is 0.322 e. The number of carboxylic acids is 1. The van der Waals surface area contributed by atoms with Crippen molar-refractivity contribution in [2.45, 2.75) is 6.04 Å². The van der Waals surface area contributed by atoms with Crippen LogP contribution in [0.4, 0.5) is 8.78 Å². The van der Waals surface area contributed by atoms with Crippen LogP contribution in [0.5, 0.6) is 5.88 Å². The number of aromatic nitrogens is 2. The molecule has 164 valence electrons. The SMILES string of the molecule is O=C(O)CNC(=O)c1ncc(C(=O)NC(c2ccc(F)cc2)c2ccc(F)cc2)c(O)n1. The summed E-state index contributed by atoms with van der Waals surface area (Å²) >= 11 is 0. The van der Waals surface area contributed by atoms with Crippen LogP contribution in [0.3, 0.4) is 0 Å². The lowest BCUT2D eigenvalue weighted by Gasteiger charge is -2.20. The van der Waals surface area contributed by atoms with Crippen molar-refractivity contribution >= 4 is 17.8 Å². The number of aliphatic carboxylic acids is 1. The van der Waals surface area contributed by atoms with Gasteiger partial charge >= 0.3 is 5.97 Å². The van der Waals surface area contributed by atoms with Crippen LogP contribution in [-0.4, -0.2) is 44.5 Å². The summed E-state index contributed by atoms with van der Waals surface area (Å²) in [6, 6.07) is 9.72. The highest BCUT2D eigenvalue weighted by atomic mass is 19.1. The second-order valence-corrected chi connectivity index (χ2v) is 6.52. The highest BCUT2D eigenvalue weighted by Gasteiger charge is 2.22. The number of carboxylic acid groups (broad SMARTS) is 1. The standard InChI is InChI=1S/C21H16F2N4O5/c22-13-5-1-11(2-6-13)17(12-3-7-14(23)8-4-12)26-19(30)15-9-24-18(27-20(15)31)21(32)25-10-16(28)29/h1-9,17H,10H2,(H,25,32)(H,26,30)(H,28,29)(H,24,27,31). The Morgan fingerprint density at radius 2 is 1.44 bits per heavy atom. The van der Waals surface area contributed by atoms with E-state index in [4.69, 9.17) is 5.11 Å². The minimum Gasteiger partial charge on any atom is -0.493 e. The monoisotopic (exact) mass is 442 g/mol. The molecule has 0 spiro atoms. The van der Waals surface area contributed by atoms with Crippen LogP contribution in [0.25, 0.3) is 0 Å². The Hall–Kier alpha value is -4.41. The minimum atomic E-state index is -1.29. The Labute approximate surface area is 179 Å². The zero-order valence-electron chi connectivity index (χ0n) is 16.3. The van der Waals surface area contributed by atoms with Crippen molar-refractivity contribution in [1.82, 2.24) is 20.6 Å². The quantitative estimate of drug-likeness (QED) is 0.437. The van der Waals surface area contributed by atoms with Gasteiger partial charge in [0.15, 0.2) is 0 Å². The van der Waals surface area contributed by atoms with Gasteiger partial charge in [0.1, 0.15) is 23.7 Å². The largest absolute Gasteiger partial charge is 0.493 e. The average molecular weight is 442 g/mol. The normalized spacial score (nSPS) is 10.6. The molecule has 4 N–H and O–H groups in total. The van der Waals surface area contributed by atoms with Gasteiger partial charge in [0.05, 0.1) is 6.04 Å². The zero-order chi connectivity index (χ0) is 23.3. The van der Waals surface area contributed by atoms with Crippen LogP contribution >= 0.6 is 0 Å². The number of amides is 2. The van der Waals surface area contributed by atoms with Gasteiger partial charge in [-0.05, 0) is 35.4 Å². The van der Waals surface area contributed by atoms with E-state index in [-0.39, 0.29) is 5.56 Å². The van der Waals surface area contributed by atoms with Crippen LogP contribution in [0.1, 0.15) is 38.1 Å².